The number of morpholine rings is 1. The zero-order valence-corrected chi connectivity index (χ0v) is 24.3. The van der Waals surface area contributed by atoms with E-state index in [-0.39, 0.29) is 52.4 Å². The number of nitrogens with zero attached hydrogens (tertiary/aromatic N) is 5. The van der Waals surface area contributed by atoms with Gasteiger partial charge in [0, 0.05) is 55.9 Å². The summed E-state index contributed by atoms with van der Waals surface area (Å²) >= 11 is 0. The Labute approximate surface area is 247 Å². The van der Waals surface area contributed by atoms with E-state index in [1.807, 2.05) is 6.92 Å². The lowest BCUT2D eigenvalue weighted by atomic mass is 9.95. The van der Waals surface area contributed by atoms with Gasteiger partial charge in [0.05, 0.1) is 19.3 Å². The van der Waals surface area contributed by atoms with E-state index < -0.39 is 18.7 Å². The lowest BCUT2D eigenvalue weighted by Crippen LogP contribution is -2.56. The maximum Gasteiger partial charge on any atom is 0.319 e. The van der Waals surface area contributed by atoms with Gasteiger partial charge in [0.1, 0.15) is 35.1 Å². The number of rotatable bonds is 6. The predicted octanol–water partition coefficient (Wildman–Crippen LogP) is 3.33. The van der Waals surface area contributed by atoms with Crippen LogP contribution in [0.1, 0.15) is 30.9 Å². The van der Waals surface area contributed by atoms with Crippen molar-refractivity contribution in [3.05, 3.63) is 29.1 Å². The second-order valence-electron chi connectivity index (χ2n) is 11.9. The summed E-state index contributed by atoms with van der Waals surface area (Å²) in [4.78, 5) is 18.5. The van der Waals surface area contributed by atoms with Crippen LogP contribution in [0.5, 0.6) is 11.9 Å². The van der Waals surface area contributed by atoms with E-state index in [2.05, 4.69) is 25.1 Å². The topological polar surface area (TPSA) is 111 Å². The normalized spacial score (nSPS) is 25.4. The maximum absolute atomic E-state index is 16.7. The second-order valence-corrected chi connectivity index (χ2v) is 11.9. The van der Waals surface area contributed by atoms with Crippen LogP contribution in [0, 0.1) is 12.7 Å². The van der Waals surface area contributed by atoms with Crippen LogP contribution < -0.4 is 25.4 Å². The minimum atomic E-state index is -2.64. The SMILES string of the molecule is Cc1cc(N)cc(-c2nc3c4c(nc(OC[C@@H]5CC[C@H]6COCCN65)nc4c2F)N2CCNC[C@H]2[C@H](C)O3)c1CC(F)F. The Kier molecular flexibility index (Phi) is 7.42. The molecule has 3 aromatic rings. The quantitative estimate of drug-likeness (QED) is 0.410. The van der Waals surface area contributed by atoms with E-state index in [0.717, 1.165) is 26.0 Å². The van der Waals surface area contributed by atoms with Gasteiger partial charge in [-0.05, 0) is 49.9 Å². The van der Waals surface area contributed by atoms with Crippen molar-refractivity contribution in [1.29, 1.82) is 0 Å². The molecule has 4 atom stereocenters. The summed E-state index contributed by atoms with van der Waals surface area (Å²) in [5.74, 6) is -0.104. The van der Waals surface area contributed by atoms with E-state index in [0.29, 0.717) is 61.3 Å². The Hall–Kier alpha value is -3.42. The molecule has 3 fully saturated rings. The Balaban J connectivity index is 1.37. The summed E-state index contributed by atoms with van der Waals surface area (Å²) in [6.45, 7) is 8.20. The van der Waals surface area contributed by atoms with Crippen LogP contribution in [-0.4, -0.2) is 96.5 Å². The molecule has 0 amide bonds. The van der Waals surface area contributed by atoms with Crippen molar-refractivity contribution in [2.45, 2.75) is 63.8 Å². The van der Waals surface area contributed by atoms with Crippen LogP contribution in [0.4, 0.5) is 24.7 Å². The molecule has 0 aliphatic carbocycles. The molecule has 1 aromatic carbocycles. The highest BCUT2D eigenvalue weighted by atomic mass is 19.3. The summed E-state index contributed by atoms with van der Waals surface area (Å²) in [6.07, 6.45) is -1.54. The van der Waals surface area contributed by atoms with Crippen molar-refractivity contribution in [2.24, 2.45) is 0 Å². The van der Waals surface area contributed by atoms with Gasteiger partial charge in [-0.3, -0.25) is 4.90 Å². The molecule has 4 aliphatic heterocycles. The molecule has 0 radical (unpaired) electrons. The molecule has 3 N–H and O–H groups in total. The first kappa shape index (κ1) is 28.4. The number of aromatic nitrogens is 3. The molecule has 3 saturated heterocycles. The molecule has 4 aliphatic rings. The number of piperazine rings is 1. The number of hydrogen-bond donors (Lipinski definition) is 2. The first-order valence-electron chi connectivity index (χ1n) is 15.0. The minimum absolute atomic E-state index is 0.0230. The van der Waals surface area contributed by atoms with Crippen LogP contribution in [0.3, 0.4) is 0 Å². The van der Waals surface area contributed by atoms with E-state index >= 15 is 4.39 Å². The first-order chi connectivity index (χ1) is 20.8. The average Bonchev–Trinajstić information content (AvgIpc) is 3.36. The molecular formula is C30H36F3N7O3. The van der Waals surface area contributed by atoms with Gasteiger partial charge >= 0.3 is 6.01 Å². The number of aryl methyl sites for hydroxylation is 1. The third-order valence-electron chi connectivity index (χ3n) is 9.20. The number of nitrogens with one attached hydrogen (secondary N) is 1. The number of hydrogen-bond acceptors (Lipinski definition) is 10. The number of anilines is 2. The number of nitrogen functional groups attached to an aromatic ring is 1. The van der Waals surface area contributed by atoms with Gasteiger partial charge in [-0.1, -0.05) is 0 Å². The summed E-state index contributed by atoms with van der Waals surface area (Å²) in [5.41, 5.74) is 7.28. The monoisotopic (exact) mass is 599 g/mol. The molecule has 10 nitrogen and oxygen atoms in total. The van der Waals surface area contributed by atoms with E-state index in [4.69, 9.17) is 24.9 Å². The Morgan fingerprint density at radius 2 is 2.05 bits per heavy atom. The van der Waals surface area contributed by atoms with Gasteiger partial charge in [-0.25, -0.2) is 18.2 Å². The minimum Gasteiger partial charge on any atom is -0.472 e. The van der Waals surface area contributed by atoms with Gasteiger partial charge in [-0.2, -0.15) is 9.97 Å². The van der Waals surface area contributed by atoms with Crippen molar-refractivity contribution < 1.29 is 27.4 Å². The van der Waals surface area contributed by atoms with E-state index in [1.165, 1.54) is 6.07 Å². The zero-order valence-electron chi connectivity index (χ0n) is 24.3. The number of nitrogens with two attached hydrogens (primary N) is 1. The lowest BCUT2D eigenvalue weighted by Gasteiger charge is -2.38. The third kappa shape index (κ3) is 5.10. The smallest absolute Gasteiger partial charge is 0.319 e. The van der Waals surface area contributed by atoms with Crippen LogP contribution in [-0.2, 0) is 11.2 Å². The fourth-order valence-corrected chi connectivity index (χ4v) is 7.08. The molecule has 0 saturated carbocycles. The van der Waals surface area contributed by atoms with Gasteiger partial charge in [0.2, 0.25) is 12.3 Å². The van der Waals surface area contributed by atoms with Gasteiger partial charge in [0.15, 0.2) is 5.82 Å². The molecule has 0 spiro atoms. The van der Waals surface area contributed by atoms with Crippen molar-refractivity contribution in [3.63, 3.8) is 0 Å². The Morgan fingerprint density at radius 3 is 2.88 bits per heavy atom. The van der Waals surface area contributed by atoms with Gasteiger partial charge in [0.25, 0.3) is 0 Å². The zero-order chi connectivity index (χ0) is 29.8. The molecule has 2 aromatic heterocycles. The summed E-state index contributed by atoms with van der Waals surface area (Å²) in [5, 5.41) is 3.74. The second kappa shape index (κ2) is 11.3. The molecule has 13 heteroatoms. The number of pyridine rings is 1. The van der Waals surface area contributed by atoms with Crippen molar-refractivity contribution in [3.8, 4) is 23.1 Å². The average molecular weight is 600 g/mol. The first-order valence-corrected chi connectivity index (χ1v) is 15.0. The Bertz CT molecular complexity index is 1540. The molecule has 6 heterocycles. The van der Waals surface area contributed by atoms with Crippen molar-refractivity contribution in [1.82, 2.24) is 25.2 Å². The largest absolute Gasteiger partial charge is 0.472 e. The Morgan fingerprint density at radius 1 is 1.19 bits per heavy atom. The predicted molar refractivity (Wildman–Crippen MR) is 156 cm³/mol. The summed E-state index contributed by atoms with van der Waals surface area (Å²) < 4.78 is 62.3. The standard InChI is InChI=1S/C30H36F3N7O3/c1-15-9-17(34)10-21(20(15)11-23(31)32)26-25(33)27-24-28(40-6-5-35-12-22(40)16(2)43-29(24)36-26)38-30(37-27)42-14-19-4-3-18-13-41-8-7-39(18)19/h9-10,16,18-19,22-23,35H,3-8,11-14,34H2,1-2H3/t16-,18-,19-,22-/m0/s1. The molecule has 43 heavy (non-hydrogen) atoms. The fraction of sp³-hybridized carbons (Fsp3) is 0.567. The summed E-state index contributed by atoms with van der Waals surface area (Å²) in [7, 11) is 0. The van der Waals surface area contributed by atoms with E-state index in [1.54, 1.807) is 13.0 Å². The number of benzene rings is 1. The third-order valence-corrected chi connectivity index (χ3v) is 9.20. The molecule has 0 bridgehead atoms. The molecule has 230 valence electrons. The van der Waals surface area contributed by atoms with Gasteiger partial charge < -0.3 is 30.2 Å². The van der Waals surface area contributed by atoms with Crippen LogP contribution >= 0.6 is 0 Å². The van der Waals surface area contributed by atoms with Crippen LogP contribution in [0.2, 0.25) is 0 Å². The molecule has 0 unspecified atom stereocenters. The summed E-state index contributed by atoms with van der Waals surface area (Å²) in [6, 6.07) is 3.61. The highest BCUT2D eigenvalue weighted by molar-refractivity contribution is 5.97. The molecule has 7 rings (SSSR count). The molecular weight excluding hydrogens is 563 g/mol. The van der Waals surface area contributed by atoms with Crippen LogP contribution in [0.25, 0.3) is 22.2 Å². The maximum atomic E-state index is 16.7. The number of ether oxygens (including phenoxy) is 3. The highest BCUT2D eigenvalue weighted by Gasteiger charge is 2.39. The number of halogens is 3. The lowest BCUT2D eigenvalue weighted by molar-refractivity contribution is -0.0101. The highest BCUT2D eigenvalue weighted by Crippen LogP contribution is 2.43. The van der Waals surface area contributed by atoms with Crippen LogP contribution in [0.15, 0.2) is 12.1 Å². The fourth-order valence-electron chi connectivity index (χ4n) is 7.08. The number of alkyl halides is 2. The van der Waals surface area contributed by atoms with Crippen molar-refractivity contribution >= 4 is 22.4 Å². The van der Waals surface area contributed by atoms with E-state index in [9.17, 15) is 8.78 Å². The van der Waals surface area contributed by atoms with Crippen molar-refractivity contribution in [2.75, 3.05) is 56.6 Å². The van der Waals surface area contributed by atoms with Gasteiger partial charge in [-0.15, -0.1) is 0 Å². The number of fused-ring (bicyclic) bond motifs is 3.